The van der Waals surface area contributed by atoms with Gasteiger partial charge in [0.1, 0.15) is 11.6 Å². The summed E-state index contributed by atoms with van der Waals surface area (Å²) in [5, 5.41) is 14.4. The van der Waals surface area contributed by atoms with Gasteiger partial charge in [-0.2, -0.15) is 13.2 Å². The van der Waals surface area contributed by atoms with Crippen molar-refractivity contribution in [2.45, 2.75) is 57.5 Å². The van der Waals surface area contributed by atoms with Crippen molar-refractivity contribution in [3.05, 3.63) is 53.3 Å². The van der Waals surface area contributed by atoms with Gasteiger partial charge in [0.05, 0.1) is 23.9 Å². The van der Waals surface area contributed by atoms with E-state index in [0.29, 0.717) is 24.0 Å². The Labute approximate surface area is 200 Å². The Hall–Kier alpha value is -3.30. The van der Waals surface area contributed by atoms with Crippen LogP contribution in [0.25, 0.3) is 0 Å². The largest absolute Gasteiger partial charge is 0.491 e. The predicted molar refractivity (Wildman–Crippen MR) is 123 cm³/mol. The number of nitrogens with one attached hydrogen (secondary N) is 2. The van der Waals surface area contributed by atoms with E-state index in [0.717, 1.165) is 12.8 Å². The molecule has 190 valence electrons. The molecule has 0 radical (unpaired) electrons. The SMILES string of the molecule is CCCCc1cc([C@H]2C[C@H]2C(=O)O)cc(NC(=O)Nc2ccccc2F)c1OCCCC(F)(F)F. The van der Waals surface area contributed by atoms with Crippen molar-refractivity contribution in [1.82, 2.24) is 0 Å². The second-order valence-corrected chi connectivity index (χ2v) is 8.57. The fraction of sp³-hybridized carbons (Fsp3) is 0.440. The number of unbranched alkanes of at least 4 members (excludes halogenated alkanes) is 1. The lowest BCUT2D eigenvalue weighted by Crippen LogP contribution is -2.21. The molecule has 0 bridgehead atoms. The number of amides is 2. The Bertz CT molecular complexity index is 1060. The minimum atomic E-state index is -4.31. The molecular weight excluding hydrogens is 468 g/mol. The van der Waals surface area contributed by atoms with Gasteiger partial charge in [0.25, 0.3) is 0 Å². The van der Waals surface area contributed by atoms with Crippen molar-refractivity contribution < 1.29 is 37.0 Å². The number of rotatable bonds is 11. The van der Waals surface area contributed by atoms with E-state index >= 15 is 0 Å². The van der Waals surface area contributed by atoms with Crippen LogP contribution in [0.4, 0.5) is 33.7 Å². The molecular formula is C25H28F4N2O4. The number of hydrogen-bond donors (Lipinski definition) is 3. The topological polar surface area (TPSA) is 87.7 Å². The minimum absolute atomic E-state index is 0.0480. The van der Waals surface area contributed by atoms with Crippen molar-refractivity contribution in [2.24, 2.45) is 5.92 Å². The molecule has 1 fully saturated rings. The first-order valence-electron chi connectivity index (χ1n) is 11.5. The fourth-order valence-electron chi connectivity index (χ4n) is 3.87. The third-order valence-corrected chi connectivity index (χ3v) is 5.74. The van der Waals surface area contributed by atoms with Crippen molar-refractivity contribution in [3.8, 4) is 5.75 Å². The molecule has 0 spiro atoms. The first kappa shape index (κ1) is 26.3. The number of hydrogen-bond acceptors (Lipinski definition) is 3. The molecule has 2 atom stereocenters. The summed E-state index contributed by atoms with van der Waals surface area (Å²) >= 11 is 0. The molecule has 2 aromatic carbocycles. The highest BCUT2D eigenvalue weighted by molar-refractivity contribution is 6.01. The molecule has 0 aromatic heterocycles. The van der Waals surface area contributed by atoms with Crippen LogP contribution in [-0.2, 0) is 11.2 Å². The Balaban J connectivity index is 1.88. The lowest BCUT2D eigenvalue weighted by atomic mass is 9.99. The molecule has 3 N–H and O–H groups in total. The number of carboxylic acid groups (broad SMARTS) is 1. The molecule has 35 heavy (non-hydrogen) atoms. The highest BCUT2D eigenvalue weighted by Crippen LogP contribution is 2.49. The Morgan fingerprint density at radius 2 is 1.83 bits per heavy atom. The second-order valence-electron chi connectivity index (χ2n) is 8.57. The maximum Gasteiger partial charge on any atom is 0.389 e. The smallest absolute Gasteiger partial charge is 0.389 e. The minimum Gasteiger partial charge on any atom is -0.491 e. The zero-order valence-electron chi connectivity index (χ0n) is 19.3. The van der Waals surface area contributed by atoms with Crippen molar-refractivity contribution in [1.29, 1.82) is 0 Å². The molecule has 0 saturated heterocycles. The van der Waals surface area contributed by atoms with E-state index < -0.39 is 36.3 Å². The number of aryl methyl sites for hydroxylation is 1. The average molecular weight is 497 g/mol. The Morgan fingerprint density at radius 1 is 1.11 bits per heavy atom. The maximum atomic E-state index is 14.0. The summed E-state index contributed by atoms with van der Waals surface area (Å²) in [7, 11) is 0. The predicted octanol–water partition coefficient (Wildman–Crippen LogP) is 6.72. The fourth-order valence-corrected chi connectivity index (χ4v) is 3.87. The summed E-state index contributed by atoms with van der Waals surface area (Å²) in [6.45, 7) is 1.76. The number of urea groups is 1. The summed E-state index contributed by atoms with van der Waals surface area (Å²) in [5.74, 6) is -2.08. The van der Waals surface area contributed by atoms with Gasteiger partial charge in [0.15, 0.2) is 0 Å². The average Bonchev–Trinajstić information content (AvgIpc) is 3.58. The Kier molecular flexibility index (Phi) is 8.58. The first-order chi connectivity index (χ1) is 16.6. The number of carbonyl (C=O) groups is 2. The number of anilines is 2. The molecule has 2 aromatic rings. The van der Waals surface area contributed by atoms with Crippen molar-refractivity contribution >= 4 is 23.4 Å². The van der Waals surface area contributed by atoms with Gasteiger partial charge < -0.3 is 20.5 Å². The van der Waals surface area contributed by atoms with Crippen LogP contribution in [0.1, 0.15) is 56.1 Å². The third kappa shape index (κ3) is 7.60. The Morgan fingerprint density at radius 3 is 2.46 bits per heavy atom. The van der Waals surface area contributed by atoms with Crippen LogP contribution >= 0.6 is 0 Å². The lowest BCUT2D eigenvalue weighted by Gasteiger charge is -2.19. The number of halogens is 4. The standard InChI is InChI=1S/C25H28F4N2O4/c1-2-3-7-15-12-16(17-14-18(17)23(32)33)13-21(22(15)35-11-6-10-25(27,28)29)31-24(34)30-20-9-5-4-8-19(20)26/h4-5,8-9,12-13,17-18H,2-3,6-7,10-11,14H2,1H3,(H,32,33)(H2,30,31,34)/t17-,18-/m1/s1. The van der Waals surface area contributed by atoms with Crippen molar-refractivity contribution in [3.63, 3.8) is 0 Å². The van der Waals surface area contributed by atoms with Gasteiger partial charge in [-0.3, -0.25) is 4.79 Å². The van der Waals surface area contributed by atoms with E-state index in [4.69, 9.17) is 4.74 Å². The van der Waals surface area contributed by atoms with Gasteiger partial charge in [-0.1, -0.05) is 31.5 Å². The summed E-state index contributed by atoms with van der Waals surface area (Å²) in [6, 6.07) is 8.23. The summed E-state index contributed by atoms with van der Waals surface area (Å²) < 4.78 is 57.4. The number of benzene rings is 2. The van der Waals surface area contributed by atoms with Gasteiger partial charge in [-0.05, 0) is 60.9 Å². The number of ether oxygens (including phenoxy) is 1. The van der Waals surface area contributed by atoms with Gasteiger partial charge in [-0.25, -0.2) is 9.18 Å². The lowest BCUT2D eigenvalue weighted by molar-refractivity contribution is -0.138. The van der Waals surface area contributed by atoms with Gasteiger partial charge in [-0.15, -0.1) is 0 Å². The van der Waals surface area contributed by atoms with Gasteiger partial charge in [0, 0.05) is 6.42 Å². The number of carbonyl (C=O) groups excluding carboxylic acids is 1. The summed E-state index contributed by atoms with van der Waals surface area (Å²) in [6.07, 6.45) is -2.98. The normalized spacial score (nSPS) is 17.1. The van der Waals surface area contributed by atoms with Crippen LogP contribution < -0.4 is 15.4 Å². The molecule has 0 unspecified atom stereocenters. The summed E-state index contributed by atoms with van der Waals surface area (Å²) in [4.78, 5) is 24.0. The molecule has 10 heteroatoms. The molecule has 0 heterocycles. The van der Waals surface area contributed by atoms with E-state index in [1.165, 1.54) is 18.2 Å². The molecule has 1 aliphatic carbocycles. The quantitative estimate of drug-likeness (QED) is 0.238. The molecule has 6 nitrogen and oxygen atoms in total. The molecule has 3 rings (SSSR count). The van der Waals surface area contributed by atoms with E-state index in [2.05, 4.69) is 10.6 Å². The zero-order valence-corrected chi connectivity index (χ0v) is 19.3. The number of carboxylic acids is 1. The molecule has 1 aliphatic rings. The second kappa shape index (κ2) is 11.4. The van der Waals surface area contributed by atoms with E-state index in [9.17, 15) is 32.3 Å². The summed E-state index contributed by atoms with van der Waals surface area (Å²) in [5.41, 5.74) is 1.53. The van der Waals surface area contributed by atoms with Gasteiger partial charge >= 0.3 is 18.2 Å². The van der Waals surface area contributed by atoms with E-state index in [1.807, 2.05) is 13.0 Å². The van der Waals surface area contributed by atoms with E-state index in [1.54, 1.807) is 12.1 Å². The third-order valence-electron chi connectivity index (χ3n) is 5.74. The first-order valence-corrected chi connectivity index (χ1v) is 11.5. The monoisotopic (exact) mass is 496 g/mol. The zero-order chi connectivity index (χ0) is 25.6. The van der Waals surface area contributed by atoms with E-state index in [-0.39, 0.29) is 36.1 Å². The van der Waals surface area contributed by atoms with Crippen LogP contribution in [0.3, 0.4) is 0 Å². The number of alkyl halides is 3. The van der Waals surface area contributed by atoms with Crippen LogP contribution in [-0.4, -0.2) is 29.9 Å². The van der Waals surface area contributed by atoms with Crippen LogP contribution in [0, 0.1) is 11.7 Å². The highest BCUT2D eigenvalue weighted by Gasteiger charge is 2.44. The van der Waals surface area contributed by atoms with Crippen molar-refractivity contribution in [2.75, 3.05) is 17.2 Å². The molecule has 0 aliphatic heterocycles. The number of aliphatic carboxylic acids is 1. The van der Waals surface area contributed by atoms with Crippen LogP contribution in [0.15, 0.2) is 36.4 Å². The maximum absolute atomic E-state index is 14.0. The number of para-hydroxylation sites is 1. The van der Waals surface area contributed by atoms with Gasteiger partial charge in [0.2, 0.25) is 0 Å². The highest BCUT2D eigenvalue weighted by atomic mass is 19.4. The van der Waals surface area contributed by atoms with Crippen LogP contribution in [0.2, 0.25) is 0 Å². The van der Waals surface area contributed by atoms with Crippen LogP contribution in [0.5, 0.6) is 5.75 Å². The molecule has 2 amide bonds. The molecule has 1 saturated carbocycles.